The minimum Gasteiger partial charge on any atom is -0.366 e. The number of amides is 2. The second-order valence-corrected chi connectivity index (χ2v) is 9.27. The minimum atomic E-state index is -0.609. The van der Waals surface area contributed by atoms with Crippen molar-refractivity contribution < 1.29 is 9.59 Å². The normalized spacial score (nSPS) is 17.3. The summed E-state index contributed by atoms with van der Waals surface area (Å²) in [6.45, 7) is 4.12. The van der Waals surface area contributed by atoms with E-state index in [2.05, 4.69) is 32.2 Å². The number of nitrogens with one attached hydrogen (secondary N) is 1. The highest BCUT2D eigenvalue weighted by Gasteiger charge is 2.23. The van der Waals surface area contributed by atoms with Crippen LogP contribution in [-0.4, -0.2) is 44.7 Å². The van der Waals surface area contributed by atoms with Gasteiger partial charge in [-0.3, -0.25) is 14.3 Å². The summed E-state index contributed by atoms with van der Waals surface area (Å²) in [5.74, 6) is 1.52. The molecule has 2 fully saturated rings. The summed E-state index contributed by atoms with van der Waals surface area (Å²) < 4.78 is 1.66. The van der Waals surface area contributed by atoms with Crippen molar-refractivity contribution in [1.82, 2.24) is 19.7 Å². The lowest BCUT2D eigenvalue weighted by Gasteiger charge is -2.31. The molecule has 3 heterocycles. The topological polar surface area (TPSA) is 145 Å². The van der Waals surface area contributed by atoms with Crippen LogP contribution in [0.15, 0.2) is 42.9 Å². The number of hydrogen-bond donors (Lipinski definition) is 3. The monoisotopic (exact) mass is 476 g/mol. The Bertz CT molecular complexity index is 1190. The fraction of sp³-hybridized carbons (Fsp3) is 0.400. The molecule has 3 aromatic rings. The molecule has 2 aliphatic rings. The van der Waals surface area contributed by atoms with Crippen molar-refractivity contribution in [3.8, 4) is 0 Å². The standard InChI is InChI=1S/C15H21N7O.C10H11NO/c1-10-4-3-5-22(8-10)12-7-17-13(14(16)23)15(20-12)19-11-6-18-21(2)9-11;11-10(12)9-5-3-8(4-6-9)7-1-2-7/h6-7,9-10H,3-5,8H2,1-2H3,(H2,16,23)(H,19,20);3-7H,1-2H2,(H2,11,12). The molecule has 1 unspecified atom stereocenters. The number of hydrogen-bond acceptors (Lipinski definition) is 7. The molecule has 1 aromatic carbocycles. The molecular formula is C25H32N8O2. The van der Waals surface area contributed by atoms with Crippen LogP contribution in [-0.2, 0) is 7.05 Å². The molecule has 1 aliphatic carbocycles. The smallest absolute Gasteiger partial charge is 0.271 e. The van der Waals surface area contributed by atoms with E-state index in [0.29, 0.717) is 17.3 Å². The largest absolute Gasteiger partial charge is 0.366 e. The van der Waals surface area contributed by atoms with E-state index < -0.39 is 5.91 Å². The minimum absolute atomic E-state index is 0.127. The van der Waals surface area contributed by atoms with Gasteiger partial charge in [-0.25, -0.2) is 9.97 Å². The molecule has 1 atom stereocenters. The quantitative estimate of drug-likeness (QED) is 0.496. The lowest BCUT2D eigenvalue weighted by Crippen LogP contribution is -2.35. The first-order valence-electron chi connectivity index (χ1n) is 11.9. The number of rotatable bonds is 6. The van der Waals surface area contributed by atoms with Crippen molar-refractivity contribution in [1.29, 1.82) is 0 Å². The van der Waals surface area contributed by atoms with Crippen molar-refractivity contribution in [3.05, 3.63) is 59.7 Å². The van der Waals surface area contributed by atoms with Gasteiger partial charge in [-0.15, -0.1) is 0 Å². The Morgan fingerprint density at radius 1 is 1.06 bits per heavy atom. The molecule has 1 saturated carbocycles. The number of aromatic nitrogens is 4. The first-order valence-corrected chi connectivity index (χ1v) is 11.9. The van der Waals surface area contributed by atoms with Crippen molar-refractivity contribution in [2.24, 2.45) is 24.4 Å². The maximum absolute atomic E-state index is 11.6. The maximum atomic E-state index is 11.6. The van der Waals surface area contributed by atoms with Crippen LogP contribution in [0.2, 0.25) is 0 Å². The summed E-state index contributed by atoms with van der Waals surface area (Å²) in [6, 6.07) is 7.60. The van der Waals surface area contributed by atoms with E-state index in [1.165, 1.54) is 24.8 Å². The fourth-order valence-corrected chi connectivity index (χ4v) is 4.16. The van der Waals surface area contributed by atoms with Gasteiger partial charge in [0.05, 0.1) is 18.1 Å². The fourth-order valence-electron chi connectivity index (χ4n) is 4.16. The second-order valence-electron chi connectivity index (χ2n) is 9.27. The van der Waals surface area contributed by atoms with Crippen LogP contribution in [0.25, 0.3) is 0 Å². The van der Waals surface area contributed by atoms with Crippen LogP contribution >= 0.6 is 0 Å². The third-order valence-corrected chi connectivity index (χ3v) is 6.19. The highest BCUT2D eigenvalue weighted by atomic mass is 16.1. The van der Waals surface area contributed by atoms with Crippen LogP contribution in [0.3, 0.4) is 0 Å². The SMILES string of the molecule is CC1CCCN(c2cnc(C(N)=O)c(Nc3cnn(C)c3)n2)C1.NC(=O)c1ccc(C2CC2)cc1. The van der Waals surface area contributed by atoms with Crippen molar-refractivity contribution in [3.63, 3.8) is 0 Å². The molecule has 0 radical (unpaired) electrons. The number of carbonyl (C=O) groups excluding carboxylic acids is 2. The number of benzene rings is 1. The summed E-state index contributed by atoms with van der Waals surface area (Å²) in [4.78, 5) is 33.3. The highest BCUT2D eigenvalue weighted by Crippen LogP contribution is 2.39. The van der Waals surface area contributed by atoms with Crippen LogP contribution in [0.4, 0.5) is 17.3 Å². The van der Waals surface area contributed by atoms with Gasteiger partial charge in [-0.1, -0.05) is 19.1 Å². The molecular weight excluding hydrogens is 444 g/mol. The Labute approximate surface area is 204 Å². The number of aryl methyl sites for hydroxylation is 1. The predicted molar refractivity (Wildman–Crippen MR) is 135 cm³/mol. The number of piperidine rings is 1. The molecule has 1 saturated heterocycles. The van der Waals surface area contributed by atoms with Gasteiger partial charge in [0.2, 0.25) is 5.91 Å². The van der Waals surface area contributed by atoms with Crippen molar-refractivity contribution >= 4 is 29.1 Å². The van der Waals surface area contributed by atoms with Crippen LogP contribution in [0.5, 0.6) is 0 Å². The lowest BCUT2D eigenvalue weighted by atomic mass is 10.0. The summed E-state index contributed by atoms with van der Waals surface area (Å²) >= 11 is 0. The number of primary amides is 2. The predicted octanol–water partition coefficient (Wildman–Crippen LogP) is 2.95. The second kappa shape index (κ2) is 10.5. The van der Waals surface area contributed by atoms with E-state index in [1.807, 2.05) is 19.2 Å². The Morgan fingerprint density at radius 2 is 1.80 bits per heavy atom. The maximum Gasteiger partial charge on any atom is 0.271 e. The third kappa shape index (κ3) is 6.34. The van der Waals surface area contributed by atoms with Crippen molar-refractivity contribution in [2.45, 2.75) is 38.5 Å². The van der Waals surface area contributed by atoms with E-state index in [1.54, 1.807) is 35.4 Å². The molecule has 2 aromatic heterocycles. The zero-order chi connectivity index (χ0) is 24.9. The number of anilines is 3. The van der Waals surface area contributed by atoms with Gasteiger partial charge in [0.15, 0.2) is 11.5 Å². The number of carbonyl (C=O) groups is 2. The van der Waals surface area contributed by atoms with E-state index in [9.17, 15) is 9.59 Å². The first kappa shape index (κ1) is 24.2. The molecule has 0 spiro atoms. The average molecular weight is 477 g/mol. The van der Waals surface area contributed by atoms with Crippen LogP contribution in [0.1, 0.15) is 64.9 Å². The molecule has 0 bridgehead atoms. The van der Waals surface area contributed by atoms with E-state index in [4.69, 9.17) is 11.5 Å². The Kier molecular flexibility index (Phi) is 7.28. The zero-order valence-corrected chi connectivity index (χ0v) is 20.1. The summed E-state index contributed by atoms with van der Waals surface area (Å²) in [6.07, 6.45) is 10.00. The Morgan fingerprint density at radius 3 is 2.37 bits per heavy atom. The van der Waals surface area contributed by atoms with Gasteiger partial charge in [0.1, 0.15) is 5.82 Å². The van der Waals surface area contributed by atoms with Gasteiger partial charge < -0.3 is 21.7 Å². The van der Waals surface area contributed by atoms with Crippen LogP contribution in [0, 0.1) is 5.92 Å². The highest BCUT2D eigenvalue weighted by molar-refractivity contribution is 5.96. The summed E-state index contributed by atoms with van der Waals surface area (Å²) in [5.41, 5.74) is 13.3. The van der Waals surface area contributed by atoms with Crippen LogP contribution < -0.4 is 21.7 Å². The van der Waals surface area contributed by atoms with Crippen molar-refractivity contribution in [2.75, 3.05) is 23.3 Å². The molecule has 35 heavy (non-hydrogen) atoms. The van der Waals surface area contributed by atoms with Gasteiger partial charge >= 0.3 is 0 Å². The van der Waals surface area contributed by atoms with Gasteiger partial charge in [0, 0.05) is 31.9 Å². The number of nitrogens with two attached hydrogens (primary N) is 2. The lowest BCUT2D eigenvalue weighted by molar-refractivity contribution is 0.0989. The average Bonchev–Trinajstić information content (AvgIpc) is 3.61. The zero-order valence-electron chi connectivity index (χ0n) is 20.1. The molecule has 10 heteroatoms. The van der Waals surface area contributed by atoms with Gasteiger partial charge in [0.25, 0.3) is 5.91 Å². The van der Waals surface area contributed by atoms with Gasteiger partial charge in [-0.05, 0) is 55.2 Å². The Balaban J connectivity index is 0.000000201. The van der Waals surface area contributed by atoms with E-state index in [-0.39, 0.29) is 11.6 Å². The Hall–Kier alpha value is -3.95. The number of nitrogens with zero attached hydrogens (tertiary/aromatic N) is 5. The van der Waals surface area contributed by atoms with E-state index in [0.717, 1.165) is 36.9 Å². The first-order chi connectivity index (χ1) is 16.8. The van der Waals surface area contributed by atoms with E-state index >= 15 is 0 Å². The molecule has 10 nitrogen and oxygen atoms in total. The molecule has 5 N–H and O–H groups in total. The molecule has 1 aliphatic heterocycles. The van der Waals surface area contributed by atoms with Gasteiger partial charge in [-0.2, -0.15) is 5.10 Å². The molecule has 5 rings (SSSR count). The summed E-state index contributed by atoms with van der Waals surface area (Å²) in [7, 11) is 1.82. The third-order valence-electron chi connectivity index (χ3n) is 6.19. The molecule has 2 amide bonds. The summed E-state index contributed by atoms with van der Waals surface area (Å²) in [5, 5.41) is 7.17. The molecule has 184 valence electrons.